The van der Waals surface area contributed by atoms with Crippen molar-refractivity contribution in [1.29, 1.82) is 0 Å². The number of esters is 1. The zero-order valence-corrected chi connectivity index (χ0v) is 15.0. The van der Waals surface area contributed by atoms with Gasteiger partial charge in [-0.2, -0.15) is 0 Å². The Labute approximate surface area is 148 Å². The van der Waals surface area contributed by atoms with Gasteiger partial charge in [0, 0.05) is 25.5 Å². The lowest BCUT2D eigenvalue weighted by molar-refractivity contribution is -0.144. The molecule has 2 N–H and O–H groups in total. The molecule has 0 saturated heterocycles. The Morgan fingerprint density at radius 3 is 2.40 bits per heavy atom. The van der Waals surface area contributed by atoms with Gasteiger partial charge in [-0.1, -0.05) is 12.1 Å². The topological polar surface area (TPSA) is 70.7 Å². The molecule has 2 aliphatic rings. The minimum Gasteiger partial charge on any atom is -0.459 e. The molecular formula is C19H25N3O3. The number of carbonyl (C=O) groups excluding carboxylic acids is 2. The second kappa shape index (κ2) is 7.17. The van der Waals surface area contributed by atoms with Crippen molar-refractivity contribution in [3.05, 3.63) is 41.1 Å². The predicted octanol–water partition coefficient (Wildman–Crippen LogP) is 2.87. The van der Waals surface area contributed by atoms with Gasteiger partial charge >= 0.3 is 12.0 Å². The molecule has 0 aromatic heterocycles. The normalized spacial score (nSPS) is 20.9. The van der Waals surface area contributed by atoms with E-state index in [1.807, 2.05) is 43.3 Å². The standard InChI is InChI=1S/C19H25N3O3/c1-12-16(18(23)25-15-6-4-5-7-15)17(21-19(24)20-12)13-8-10-14(11-9-13)22(2)3/h8-11,15,17H,4-7H2,1-3H3,(H2,20,21,24)/t17-/m0/s1. The van der Waals surface area contributed by atoms with Crippen molar-refractivity contribution in [2.75, 3.05) is 19.0 Å². The highest BCUT2D eigenvalue weighted by molar-refractivity contribution is 5.95. The van der Waals surface area contributed by atoms with Gasteiger partial charge in [-0.05, 0) is 50.3 Å². The first kappa shape index (κ1) is 17.3. The smallest absolute Gasteiger partial charge is 0.338 e. The van der Waals surface area contributed by atoms with Gasteiger partial charge in [-0.25, -0.2) is 9.59 Å². The third kappa shape index (κ3) is 3.78. The third-order valence-electron chi connectivity index (χ3n) is 4.81. The molecular weight excluding hydrogens is 318 g/mol. The molecule has 0 unspecified atom stereocenters. The van der Waals surface area contributed by atoms with E-state index in [9.17, 15) is 9.59 Å². The van der Waals surface area contributed by atoms with Crippen molar-refractivity contribution < 1.29 is 14.3 Å². The quantitative estimate of drug-likeness (QED) is 0.825. The first-order chi connectivity index (χ1) is 12.0. The van der Waals surface area contributed by atoms with Crippen molar-refractivity contribution in [3.63, 3.8) is 0 Å². The molecule has 0 radical (unpaired) electrons. The van der Waals surface area contributed by atoms with Crippen LogP contribution in [-0.4, -0.2) is 32.2 Å². The van der Waals surface area contributed by atoms with Crippen molar-refractivity contribution in [2.45, 2.75) is 44.8 Å². The summed E-state index contributed by atoms with van der Waals surface area (Å²) in [6.07, 6.45) is 4.02. The average Bonchev–Trinajstić information content (AvgIpc) is 3.07. The Morgan fingerprint density at radius 1 is 1.16 bits per heavy atom. The zero-order chi connectivity index (χ0) is 18.0. The van der Waals surface area contributed by atoms with Gasteiger partial charge in [-0.15, -0.1) is 0 Å². The van der Waals surface area contributed by atoms with E-state index in [0.29, 0.717) is 11.3 Å². The Hall–Kier alpha value is -2.50. The third-order valence-corrected chi connectivity index (χ3v) is 4.81. The van der Waals surface area contributed by atoms with E-state index in [1.165, 1.54) is 0 Å². The summed E-state index contributed by atoms with van der Waals surface area (Å²) in [5.41, 5.74) is 2.94. The number of amides is 2. The fraction of sp³-hybridized carbons (Fsp3) is 0.474. The minimum absolute atomic E-state index is 0.0119. The molecule has 1 fully saturated rings. The van der Waals surface area contributed by atoms with E-state index < -0.39 is 6.04 Å². The molecule has 6 heteroatoms. The molecule has 1 aliphatic heterocycles. The summed E-state index contributed by atoms with van der Waals surface area (Å²) >= 11 is 0. The molecule has 1 aromatic carbocycles. The monoisotopic (exact) mass is 343 g/mol. The number of rotatable bonds is 4. The van der Waals surface area contributed by atoms with Gasteiger partial charge in [0.15, 0.2) is 0 Å². The average molecular weight is 343 g/mol. The largest absolute Gasteiger partial charge is 0.459 e. The molecule has 1 heterocycles. The van der Waals surface area contributed by atoms with Gasteiger partial charge < -0.3 is 20.3 Å². The van der Waals surface area contributed by atoms with E-state index in [0.717, 1.165) is 36.9 Å². The molecule has 1 aromatic rings. The van der Waals surface area contributed by atoms with Gasteiger partial charge in [-0.3, -0.25) is 0 Å². The van der Waals surface area contributed by atoms with Gasteiger partial charge in [0.05, 0.1) is 11.6 Å². The number of ether oxygens (including phenoxy) is 1. The zero-order valence-electron chi connectivity index (χ0n) is 15.0. The van der Waals surface area contributed by atoms with Crippen molar-refractivity contribution in [2.24, 2.45) is 0 Å². The second-order valence-electron chi connectivity index (χ2n) is 6.87. The Morgan fingerprint density at radius 2 is 1.80 bits per heavy atom. The van der Waals surface area contributed by atoms with E-state index in [1.54, 1.807) is 6.92 Å². The van der Waals surface area contributed by atoms with E-state index in [4.69, 9.17) is 4.74 Å². The summed E-state index contributed by atoms with van der Waals surface area (Å²) in [6, 6.07) is 7.00. The lowest BCUT2D eigenvalue weighted by atomic mass is 9.95. The van der Waals surface area contributed by atoms with E-state index in [-0.39, 0.29) is 18.1 Å². The number of anilines is 1. The van der Waals surface area contributed by atoms with Gasteiger partial charge in [0.2, 0.25) is 0 Å². The van der Waals surface area contributed by atoms with Crippen molar-refractivity contribution in [1.82, 2.24) is 10.6 Å². The maximum atomic E-state index is 12.8. The number of hydrogen-bond acceptors (Lipinski definition) is 4. The van der Waals surface area contributed by atoms with E-state index >= 15 is 0 Å². The van der Waals surface area contributed by atoms with E-state index in [2.05, 4.69) is 10.6 Å². The maximum Gasteiger partial charge on any atom is 0.338 e. The lowest BCUT2D eigenvalue weighted by Gasteiger charge is -2.29. The number of nitrogens with one attached hydrogen (secondary N) is 2. The van der Waals surface area contributed by atoms with Crippen LogP contribution in [0.25, 0.3) is 0 Å². The highest BCUT2D eigenvalue weighted by Crippen LogP contribution is 2.30. The van der Waals surface area contributed by atoms with Crippen LogP contribution in [0.15, 0.2) is 35.5 Å². The summed E-state index contributed by atoms with van der Waals surface area (Å²) in [6.45, 7) is 1.74. The molecule has 1 saturated carbocycles. The van der Waals surface area contributed by atoms with Gasteiger partial charge in [0.1, 0.15) is 6.10 Å². The molecule has 1 atom stereocenters. The Kier molecular flexibility index (Phi) is 4.97. The molecule has 2 amide bonds. The van der Waals surface area contributed by atoms with Crippen LogP contribution >= 0.6 is 0 Å². The highest BCUT2D eigenvalue weighted by Gasteiger charge is 2.33. The summed E-state index contributed by atoms with van der Waals surface area (Å²) in [5, 5.41) is 5.53. The van der Waals surface area contributed by atoms with Crippen molar-refractivity contribution in [3.8, 4) is 0 Å². The van der Waals surface area contributed by atoms with Crippen LogP contribution < -0.4 is 15.5 Å². The predicted molar refractivity (Wildman–Crippen MR) is 96.2 cm³/mol. The molecule has 0 spiro atoms. The maximum absolute atomic E-state index is 12.8. The summed E-state index contributed by atoms with van der Waals surface area (Å²) in [4.78, 5) is 26.7. The van der Waals surface area contributed by atoms with Crippen LogP contribution in [0, 0.1) is 0 Å². The number of nitrogens with zero attached hydrogens (tertiary/aromatic N) is 1. The molecule has 1 aliphatic carbocycles. The highest BCUT2D eigenvalue weighted by atomic mass is 16.5. The first-order valence-corrected chi connectivity index (χ1v) is 8.72. The first-order valence-electron chi connectivity index (χ1n) is 8.72. The van der Waals surface area contributed by atoms with Crippen LogP contribution in [0.4, 0.5) is 10.5 Å². The molecule has 3 rings (SSSR count). The summed E-state index contributed by atoms with van der Waals surface area (Å²) in [5.74, 6) is -0.349. The number of benzene rings is 1. The minimum atomic E-state index is -0.501. The van der Waals surface area contributed by atoms with Crippen LogP contribution in [0.2, 0.25) is 0 Å². The fourth-order valence-electron chi connectivity index (χ4n) is 3.40. The fourth-order valence-corrected chi connectivity index (χ4v) is 3.40. The molecule has 134 valence electrons. The van der Waals surface area contributed by atoms with Crippen molar-refractivity contribution >= 4 is 17.7 Å². The molecule has 6 nitrogen and oxygen atoms in total. The van der Waals surface area contributed by atoms with Crippen LogP contribution in [0.1, 0.15) is 44.2 Å². The Balaban J connectivity index is 1.87. The van der Waals surface area contributed by atoms with Gasteiger partial charge in [0.25, 0.3) is 0 Å². The molecule has 0 bridgehead atoms. The summed E-state index contributed by atoms with van der Waals surface area (Å²) in [7, 11) is 3.94. The SMILES string of the molecule is CC1=C(C(=O)OC2CCCC2)[C@H](c2ccc(N(C)C)cc2)NC(=O)N1. The number of hydrogen-bond donors (Lipinski definition) is 2. The second-order valence-corrected chi connectivity index (χ2v) is 6.87. The lowest BCUT2D eigenvalue weighted by Crippen LogP contribution is -2.45. The summed E-state index contributed by atoms with van der Waals surface area (Å²) < 4.78 is 5.67. The Bertz CT molecular complexity index is 688. The molecule has 25 heavy (non-hydrogen) atoms. The van der Waals surface area contributed by atoms with Crippen LogP contribution in [-0.2, 0) is 9.53 Å². The van der Waals surface area contributed by atoms with Crippen LogP contribution in [0.5, 0.6) is 0 Å². The number of carbonyl (C=O) groups is 2. The number of urea groups is 1. The van der Waals surface area contributed by atoms with Crippen LogP contribution in [0.3, 0.4) is 0 Å². The number of allylic oxidation sites excluding steroid dienone is 1.